The fourth-order valence-corrected chi connectivity index (χ4v) is 2.95. The zero-order valence-electron chi connectivity index (χ0n) is 12.8. The first kappa shape index (κ1) is 15.0. The topological polar surface area (TPSA) is 72.1 Å². The van der Waals surface area contributed by atoms with E-state index in [1.165, 1.54) is 0 Å². The maximum Gasteiger partial charge on any atom is 0.338 e. The van der Waals surface area contributed by atoms with Crippen LogP contribution in [0, 0.1) is 11.3 Å². The van der Waals surface area contributed by atoms with Crippen LogP contribution in [0.25, 0.3) is 11.1 Å². The molecule has 0 amide bonds. The highest BCUT2D eigenvalue weighted by atomic mass is 16.5. The molecule has 1 aromatic heterocycles. The van der Waals surface area contributed by atoms with Gasteiger partial charge in [-0.05, 0) is 43.5 Å². The number of pyridine rings is 1. The minimum atomic E-state index is -0.420. The highest BCUT2D eigenvalue weighted by Crippen LogP contribution is 2.23. The van der Waals surface area contributed by atoms with E-state index in [0.29, 0.717) is 35.4 Å². The Morgan fingerprint density at radius 2 is 2.22 bits per heavy atom. The number of ether oxygens (including phenoxy) is 1. The third-order valence-electron chi connectivity index (χ3n) is 4.00. The van der Waals surface area contributed by atoms with E-state index in [4.69, 9.17) is 4.74 Å². The molecule has 2 aromatic rings. The fraction of sp³-hybridized carbons (Fsp3) is 0.278. The summed E-state index contributed by atoms with van der Waals surface area (Å²) >= 11 is 0. The van der Waals surface area contributed by atoms with Gasteiger partial charge in [0.25, 0.3) is 5.56 Å². The standard InChI is InChI=1S/C18H16N2O3/c1-2-23-18(22)13-6-3-5-12(9-13)15-10-14(11-19)16-7-4-8-20(16)17(15)21/h3,5-6,9-10H,2,4,7-8H2,1H3. The molecule has 0 aliphatic carbocycles. The van der Waals surface area contributed by atoms with Crippen LogP contribution in [0.2, 0.25) is 0 Å². The number of carbonyl (C=O) groups is 1. The minimum absolute atomic E-state index is 0.113. The Labute approximate surface area is 133 Å². The van der Waals surface area contributed by atoms with Crippen LogP contribution in [0.4, 0.5) is 0 Å². The Kier molecular flexibility index (Phi) is 3.98. The molecule has 0 unspecified atom stereocenters. The van der Waals surface area contributed by atoms with Crippen LogP contribution >= 0.6 is 0 Å². The minimum Gasteiger partial charge on any atom is -0.462 e. The van der Waals surface area contributed by atoms with Gasteiger partial charge < -0.3 is 9.30 Å². The van der Waals surface area contributed by atoms with Crippen LogP contribution in [-0.4, -0.2) is 17.1 Å². The van der Waals surface area contributed by atoms with Gasteiger partial charge in [-0.1, -0.05) is 12.1 Å². The molecule has 1 aromatic carbocycles. The van der Waals surface area contributed by atoms with Crippen molar-refractivity contribution in [3.8, 4) is 17.2 Å². The van der Waals surface area contributed by atoms with E-state index < -0.39 is 5.97 Å². The number of hydrogen-bond acceptors (Lipinski definition) is 4. The Bertz CT molecular complexity index is 875. The van der Waals surface area contributed by atoms with E-state index in [1.807, 2.05) is 0 Å². The van der Waals surface area contributed by atoms with Crippen molar-refractivity contribution >= 4 is 5.97 Å². The molecule has 0 spiro atoms. The quantitative estimate of drug-likeness (QED) is 0.817. The molecule has 3 rings (SSSR count). The van der Waals surface area contributed by atoms with Gasteiger partial charge in [0.2, 0.25) is 0 Å². The predicted octanol–water partition coefficient (Wildman–Crippen LogP) is 2.51. The predicted molar refractivity (Wildman–Crippen MR) is 85.1 cm³/mol. The van der Waals surface area contributed by atoms with Crippen LogP contribution < -0.4 is 5.56 Å². The zero-order valence-corrected chi connectivity index (χ0v) is 12.8. The van der Waals surface area contributed by atoms with E-state index in [1.54, 1.807) is 41.8 Å². The number of benzene rings is 1. The Balaban J connectivity index is 2.13. The van der Waals surface area contributed by atoms with Crippen molar-refractivity contribution in [3.05, 3.63) is 57.5 Å². The molecule has 116 valence electrons. The Morgan fingerprint density at radius 3 is 2.96 bits per heavy atom. The van der Waals surface area contributed by atoms with Crippen LogP contribution in [0.3, 0.4) is 0 Å². The van der Waals surface area contributed by atoms with Gasteiger partial charge in [-0.15, -0.1) is 0 Å². The number of hydrogen-bond donors (Lipinski definition) is 0. The summed E-state index contributed by atoms with van der Waals surface area (Å²) in [6.45, 7) is 2.67. The first-order valence-corrected chi connectivity index (χ1v) is 7.60. The van der Waals surface area contributed by atoms with Crippen LogP contribution in [0.15, 0.2) is 35.1 Å². The van der Waals surface area contributed by atoms with E-state index in [-0.39, 0.29) is 5.56 Å². The second-order valence-electron chi connectivity index (χ2n) is 5.39. The monoisotopic (exact) mass is 308 g/mol. The van der Waals surface area contributed by atoms with Crippen molar-refractivity contribution in [2.75, 3.05) is 6.61 Å². The summed E-state index contributed by atoms with van der Waals surface area (Å²) in [5.41, 5.74) is 2.68. The number of fused-ring (bicyclic) bond motifs is 1. The number of esters is 1. The molecule has 0 radical (unpaired) electrons. The van der Waals surface area contributed by atoms with E-state index in [9.17, 15) is 14.9 Å². The maximum absolute atomic E-state index is 12.7. The fourth-order valence-electron chi connectivity index (χ4n) is 2.95. The van der Waals surface area contributed by atoms with Crippen molar-refractivity contribution in [2.45, 2.75) is 26.3 Å². The summed E-state index contributed by atoms with van der Waals surface area (Å²) in [5, 5.41) is 9.34. The molecule has 1 aliphatic heterocycles. The van der Waals surface area contributed by atoms with Gasteiger partial charge >= 0.3 is 5.97 Å². The molecular formula is C18H16N2O3. The molecule has 2 heterocycles. The van der Waals surface area contributed by atoms with Crippen LogP contribution in [-0.2, 0) is 17.7 Å². The van der Waals surface area contributed by atoms with Crippen molar-refractivity contribution in [3.63, 3.8) is 0 Å². The number of aromatic nitrogens is 1. The molecule has 0 fully saturated rings. The van der Waals surface area contributed by atoms with Gasteiger partial charge in [0.1, 0.15) is 6.07 Å². The Morgan fingerprint density at radius 1 is 1.39 bits per heavy atom. The summed E-state index contributed by atoms with van der Waals surface area (Å²) in [4.78, 5) is 24.5. The largest absolute Gasteiger partial charge is 0.462 e. The summed E-state index contributed by atoms with van der Waals surface area (Å²) in [6, 6.07) is 10.6. The summed E-state index contributed by atoms with van der Waals surface area (Å²) < 4.78 is 6.66. The number of carbonyl (C=O) groups excluding carboxylic acids is 1. The number of nitriles is 1. The van der Waals surface area contributed by atoms with Gasteiger partial charge in [-0.3, -0.25) is 4.79 Å². The van der Waals surface area contributed by atoms with Crippen LogP contribution in [0.5, 0.6) is 0 Å². The second kappa shape index (κ2) is 6.09. The highest BCUT2D eigenvalue weighted by molar-refractivity contribution is 5.91. The zero-order chi connectivity index (χ0) is 16.4. The second-order valence-corrected chi connectivity index (χ2v) is 5.39. The average Bonchev–Trinajstić information content (AvgIpc) is 3.06. The lowest BCUT2D eigenvalue weighted by atomic mass is 10.0. The maximum atomic E-state index is 12.7. The van der Waals surface area contributed by atoms with Gasteiger partial charge in [-0.25, -0.2) is 4.79 Å². The first-order valence-electron chi connectivity index (χ1n) is 7.60. The molecule has 0 bridgehead atoms. The molecule has 0 N–H and O–H groups in total. The van der Waals surface area contributed by atoms with Crippen LogP contribution in [0.1, 0.15) is 35.0 Å². The molecule has 0 atom stereocenters. The Hall–Kier alpha value is -2.87. The molecule has 5 nitrogen and oxygen atoms in total. The summed E-state index contributed by atoms with van der Waals surface area (Å²) in [5.74, 6) is -0.420. The lowest BCUT2D eigenvalue weighted by Gasteiger charge is -2.10. The summed E-state index contributed by atoms with van der Waals surface area (Å²) in [6.07, 6.45) is 1.62. The first-order chi connectivity index (χ1) is 11.2. The normalized spacial score (nSPS) is 12.5. The molecule has 0 saturated carbocycles. The third-order valence-corrected chi connectivity index (χ3v) is 4.00. The lowest BCUT2D eigenvalue weighted by Crippen LogP contribution is -2.22. The van der Waals surface area contributed by atoms with E-state index in [0.717, 1.165) is 18.5 Å². The molecule has 1 aliphatic rings. The van der Waals surface area contributed by atoms with Crippen molar-refractivity contribution in [1.29, 1.82) is 5.26 Å². The van der Waals surface area contributed by atoms with Gasteiger partial charge in [0.15, 0.2) is 0 Å². The molecule has 23 heavy (non-hydrogen) atoms. The smallest absolute Gasteiger partial charge is 0.338 e. The van der Waals surface area contributed by atoms with E-state index in [2.05, 4.69) is 6.07 Å². The summed E-state index contributed by atoms with van der Waals surface area (Å²) in [7, 11) is 0. The average molecular weight is 308 g/mol. The molecular weight excluding hydrogens is 292 g/mol. The number of nitrogens with zero attached hydrogens (tertiary/aromatic N) is 2. The van der Waals surface area contributed by atoms with Crippen molar-refractivity contribution < 1.29 is 9.53 Å². The van der Waals surface area contributed by atoms with Crippen molar-refractivity contribution in [2.24, 2.45) is 0 Å². The van der Waals surface area contributed by atoms with E-state index >= 15 is 0 Å². The lowest BCUT2D eigenvalue weighted by molar-refractivity contribution is 0.0526. The highest BCUT2D eigenvalue weighted by Gasteiger charge is 2.20. The molecule has 0 saturated heterocycles. The van der Waals surface area contributed by atoms with Gasteiger partial charge in [0.05, 0.1) is 17.7 Å². The molecule has 5 heteroatoms. The van der Waals surface area contributed by atoms with Gasteiger partial charge in [0, 0.05) is 17.8 Å². The SMILES string of the molecule is CCOC(=O)c1cccc(-c2cc(C#N)c3n(c2=O)CCC3)c1. The number of rotatable bonds is 3. The van der Waals surface area contributed by atoms with Gasteiger partial charge in [-0.2, -0.15) is 5.26 Å². The van der Waals surface area contributed by atoms with Crippen molar-refractivity contribution in [1.82, 2.24) is 4.57 Å². The third kappa shape index (κ3) is 2.64.